The highest BCUT2D eigenvalue weighted by molar-refractivity contribution is 7.85. The zero-order chi connectivity index (χ0) is 29.7. The Kier molecular flexibility index (Phi) is 7.48. The van der Waals surface area contributed by atoms with E-state index in [0.717, 1.165) is 76.5 Å². The van der Waals surface area contributed by atoms with Crippen molar-refractivity contribution in [1.82, 2.24) is 15.5 Å². The van der Waals surface area contributed by atoms with Crippen LogP contribution in [0.1, 0.15) is 71.7 Å². The number of anilines is 1. The van der Waals surface area contributed by atoms with Gasteiger partial charge in [0.1, 0.15) is 11.5 Å². The molecule has 10 nitrogen and oxygen atoms in total. The Morgan fingerprint density at radius 2 is 1.91 bits per heavy atom. The van der Waals surface area contributed by atoms with Crippen LogP contribution in [0.5, 0.6) is 0 Å². The van der Waals surface area contributed by atoms with Gasteiger partial charge in [0, 0.05) is 41.2 Å². The van der Waals surface area contributed by atoms with Gasteiger partial charge < -0.3 is 19.5 Å². The molecular formula is C31H34N4O6S2. The number of hydrogen-bond acceptors (Lipinski definition) is 9. The second-order valence-electron chi connectivity index (χ2n) is 11.9. The van der Waals surface area contributed by atoms with Crippen LogP contribution in [0.2, 0.25) is 0 Å². The molecule has 4 aromatic rings. The predicted octanol–water partition coefficient (Wildman–Crippen LogP) is 5.47. The highest BCUT2D eigenvalue weighted by Gasteiger charge is 2.43. The lowest BCUT2D eigenvalue weighted by Crippen LogP contribution is -2.45. The van der Waals surface area contributed by atoms with Crippen molar-refractivity contribution in [3.05, 3.63) is 64.9 Å². The van der Waals surface area contributed by atoms with Gasteiger partial charge in [-0.1, -0.05) is 40.8 Å². The molecular weight excluding hydrogens is 588 g/mol. The Labute approximate surface area is 254 Å². The molecule has 2 aliphatic heterocycles. The quantitative estimate of drug-likeness (QED) is 0.221. The lowest BCUT2D eigenvalue weighted by molar-refractivity contribution is 0.0147. The molecule has 3 aliphatic rings. The summed E-state index contributed by atoms with van der Waals surface area (Å²) < 4.78 is 44.2. The number of nitrogens with zero attached hydrogens (tertiary/aromatic N) is 3. The van der Waals surface area contributed by atoms with Crippen molar-refractivity contribution in [2.24, 2.45) is 0 Å². The van der Waals surface area contributed by atoms with Crippen molar-refractivity contribution in [3.63, 3.8) is 0 Å². The zero-order valence-corrected chi connectivity index (χ0v) is 25.5. The summed E-state index contributed by atoms with van der Waals surface area (Å²) in [6.45, 7) is 2.44. The van der Waals surface area contributed by atoms with Crippen LogP contribution >= 0.6 is 11.3 Å². The summed E-state index contributed by atoms with van der Waals surface area (Å²) in [5.41, 5.74) is 5.53. The molecule has 2 N–H and O–H groups in total. The van der Waals surface area contributed by atoms with Crippen molar-refractivity contribution in [1.29, 1.82) is 0 Å². The summed E-state index contributed by atoms with van der Waals surface area (Å²) in [5, 5.41) is 8.00. The minimum Gasteiger partial charge on any atom is -0.373 e. The summed E-state index contributed by atoms with van der Waals surface area (Å²) in [7, 11) is -4.13. The summed E-state index contributed by atoms with van der Waals surface area (Å²) in [6.07, 6.45) is 6.47. The molecule has 2 atom stereocenters. The second-order valence-corrected chi connectivity index (χ2v) is 14.5. The van der Waals surface area contributed by atoms with Crippen molar-refractivity contribution < 1.29 is 27.0 Å². The van der Waals surface area contributed by atoms with Crippen molar-refractivity contribution >= 4 is 42.7 Å². The third-order valence-corrected chi connectivity index (χ3v) is 10.6. The molecule has 2 aromatic carbocycles. The number of thiazole rings is 1. The van der Waals surface area contributed by atoms with Crippen LogP contribution in [0, 0.1) is 6.92 Å². The Morgan fingerprint density at radius 1 is 1.14 bits per heavy atom. The van der Waals surface area contributed by atoms with Gasteiger partial charge in [-0.2, -0.15) is 8.42 Å². The maximum absolute atomic E-state index is 12.5. The lowest BCUT2D eigenvalue weighted by atomic mass is 9.99. The maximum Gasteiger partial charge on any atom is 0.266 e. The standard InChI is InChI=1S/C31H34N4O6S2/c1-18-4-2-3-5-24(18)28-25(29(41-34-28)19-6-7-19)17-40-23-15-21-9-10-22(16-23)35(21)31-33-26-11-8-20(14-27(26)42-31)30(36)32-12-13-43(37,38)39/h2-5,8,11,14,19,21-23H,6-7,9-10,12-13,15-17H2,1H3,(H,32,36)(H,37,38,39). The molecule has 43 heavy (non-hydrogen) atoms. The minimum absolute atomic E-state index is 0.146. The average molecular weight is 623 g/mol. The van der Waals surface area contributed by atoms with Gasteiger partial charge in [-0.15, -0.1) is 0 Å². The van der Waals surface area contributed by atoms with Gasteiger partial charge in [0.15, 0.2) is 5.13 Å². The number of amides is 1. The second kappa shape index (κ2) is 11.3. The van der Waals surface area contributed by atoms with Gasteiger partial charge >= 0.3 is 0 Å². The highest BCUT2D eigenvalue weighted by Crippen LogP contribution is 2.46. The fraction of sp³-hybridized carbons (Fsp3) is 0.452. The van der Waals surface area contributed by atoms with Gasteiger partial charge in [-0.05, 0) is 69.2 Å². The smallest absolute Gasteiger partial charge is 0.266 e. The van der Waals surface area contributed by atoms with E-state index < -0.39 is 15.9 Å². The number of piperidine rings is 1. The van der Waals surface area contributed by atoms with E-state index in [0.29, 0.717) is 30.2 Å². The van der Waals surface area contributed by atoms with E-state index in [1.54, 1.807) is 23.5 Å². The number of aryl methyl sites for hydroxylation is 1. The molecule has 7 rings (SSSR count). The maximum atomic E-state index is 12.5. The number of ether oxygens (including phenoxy) is 1. The fourth-order valence-corrected chi connectivity index (χ4v) is 8.02. The van der Waals surface area contributed by atoms with E-state index in [2.05, 4.69) is 34.4 Å². The number of benzene rings is 2. The molecule has 12 heteroatoms. The average Bonchev–Trinajstić information content (AvgIpc) is 3.49. The first-order valence-electron chi connectivity index (χ1n) is 14.8. The Morgan fingerprint density at radius 3 is 2.63 bits per heavy atom. The molecule has 3 fully saturated rings. The molecule has 226 valence electrons. The van der Waals surface area contributed by atoms with E-state index in [4.69, 9.17) is 18.8 Å². The molecule has 1 aliphatic carbocycles. The van der Waals surface area contributed by atoms with Crippen LogP contribution in [0.4, 0.5) is 5.13 Å². The number of aromatic nitrogens is 2. The molecule has 4 heterocycles. The van der Waals surface area contributed by atoms with Crippen LogP contribution in [-0.4, -0.2) is 59.5 Å². The molecule has 2 bridgehead atoms. The van der Waals surface area contributed by atoms with Crippen LogP contribution in [0.3, 0.4) is 0 Å². The lowest BCUT2D eigenvalue weighted by Gasteiger charge is -2.38. The number of hydrogen-bond donors (Lipinski definition) is 2. The summed E-state index contributed by atoms with van der Waals surface area (Å²) in [6, 6.07) is 14.3. The monoisotopic (exact) mass is 622 g/mol. The van der Waals surface area contributed by atoms with E-state index in [-0.39, 0.29) is 18.6 Å². The van der Waals surface area contributed by atoms with Gasteiger partial charge in [0.05, 0.1) is 28.7 Å². The Bertz CT molecular complexity index is 1770. The predicted molar refractivity (Wildman–Crippen MR) is 164 cm³/mol. The number of nitrogens with one attached hydrogen (secondary N) is 1. The molecule has 1 amide bonds. The SMILES string of the molecule is Cc1ccccc1-c1noc(C2CC2)c1COC1CC2CCC(C1)N2c1nc2ccc(C(=O)NCCS(=O)(=O)O)cc2s1. The largest absolute Gasteiger partial charge is 0.373 e. The first kappa shape index (κ1) is 28.5. The molecule has 2 unspecified atom stereocenters. The van der Waals surface area contributed by atoms with Gasteiger partial charge in [0.2, 0.25) is 0 Å². The normalized spacial score (nSPS) is 21.9. The Hall–Kier alpha value is -3.32. The molecule has 0 spiro atoms. The van der Waals surface area contributed by atoms with E-state index in [9.17, 15) is 13.2 Å². The highest BCUT2D eigenvalue weighted by atomic mass is 32.2. The van der Waals surface area contributed by atoms with Crippen LogP contribution in [-0.2, 0) is 21.5 Å². The third kappa shape index (κ3) is 5.93. The van der Waals surface area contributed by atoms with E-state index >= 15 is 0 Å². The van der Waals surface area contributed by atoms with Crippen molar-refractivity contribution in [3.8, 4) is 11.3 Å². The zero-order valence-electron chi connectivity index (χ0n) is 23.9. The summed E-state index contributed by atoms with van der Waals surface area (Å²) >= 11 is 1.57. The van der Waals surface area contributed by atoms with Crippen molar-refractivity contribution in [2.45, 2.75) is 76.2 Å². The molecule has 0 radical (unpaired) electrons. The number of rotatable bonds is 10. The molecule has 2 saturated heterocycles. The minimum atomic E-state index is -4.13. The van der Waals surface area contributed by atoms with E-state index in [1.807, 2.05) is 18.2 Å². The van der Waals surface area contributed by atoms with E-state index in [1.165, 1.54) is 5.56 Å². The van der Waals surface area contributed by atoms with Gasteiger partial charge in [-0.25, -0.2) is 4.98 Å². The summed E-state index contributed by atoms with van der Waals surface area (Å²) in [4.78, 5) is 19.9. The van der Waals surface area contributed by atoms with Gasteiger partial charge in [-0.3, -0.25) is 9.35 Å². The van der Waals surface area contributed by atoms with Crippen LogP contribution in [0.15, 0.2) is 47.0 Å². The topological polar surface area (TPSA) is 135 Å². The van der Waals surface area contributed by atoms with Gasteiger partial charge in [0.25, 0.3) is 16.0 Å². The van der Waals surface area contributed by atoms with Crippen LogP contribution < -0.4 is 10.2 Å². The first-order chi connectivity index (χ1) is 20.7. The number of fused-ring (bicyclic) bond motifs is 3. The third-order valence-electron chi connectivity index (χ3n) is 8.83. The molecule has 2 aromatic heterocycles. The van der Waals surface area contributed by atoms with Crippen molar-refractivity contribution in [2.75, 3.05) is 17.2 Å². The Balaban J connectivity index is 1.03. The number of carbonyl (C=O) groups excluding carboxylic acids is 1. The van der Waals surface area contributed by atoms with Crippen LogP contribution in [0.25, 0.3) is 21.5 Å². The first-order valence-corrected chi connectivity index (χ1v) is 17.2. The number of carbonyl (C=O) groups is 1. The fourth-order valence-electron chi connectivity index (χ4n) is 6.51. The molecule has 1 saturated carbocycles. The summed E-state index contributed by atoms with van der Waals surface area (Å²) in [5.74, 6) is 0.522.